The van der Waals surface area contributed by atoms with Gasteiger partial charge in [-0.1, -0.05) is 48.5 Å². The Morgan fingerprint density at radius 1 is 0.818 bits per heavy atom. The maximum Gasteiger partial charge on any atom is 0.345 e. The van der Waals surface area contributed by atoms with E-state index in [1.165, 1.54) is 0 Å². The predicted octanol–water partition coefficient (Wildman–Crippen LogP) is 4.50. The summed E-state index contributed by atoms with van der Waals surface area (Å²) in [5.74, 6) is -0.196. The standard InChI is InChI=1S/C26H18N4O3/c31-25-18-11-5-6-12-21(18)27-24(28-25)20-15-30(17-9-2-1-3-10-17)29-23(20)19-14-16-8-4-7-13-22(16)33-26(19)32/h1-15,24,27H,(H,28,31). The van der Waals surface area contributed by atoms with Gasteiger partial charge in [0.2, 0.25) is 0 Å². The first-order valence-electron chi connectivity index (χ1n) is 10.5. The minimum atomic E-state index is -0.578. The number of fused-ring (bicyclic) bond motifs is 2. The van der Waals surface area contributed by atoms with E-state index in [1.807, 2.05) is 72.9 Å². The van der Waals surface area contributed by atoms with E-state index in [9.17, 15) is 9.59 Å². The van der Waals surface area contributed by atoms with Crippen LogP contribution in [-0.2, 0) is 0 Å². The molecule has 0 saturated carbocycles. The first-order valence-corrected chi connectivity index (χ1v) is 10.5. The molecule has 5 aromatic rings. The van der Waals surface area contributed by atoms with Crippen molar-refractivity contribution >= 4 is 22.6 Å². The first-order chi connectivity index (χ1) is 16.2. The second-order valence-electron chi connectivity index (χ2n) is 7.79. The molecule has 2 aromatic heterocycles. The molecule has 2 N–H and O–H groups in total. The highest BCUT2D eigenvalue weighted by atomic mass is 16.4. The Morgan fingerprint density at radius 2 is 1.58 bits per heavy atom. The van der Waals surface area contributed by atoms with Crippen molar-refractivity contribution in [1.29, 1.82) is 0 Å². The van der Waals surface area contributed by atoms with Gasteiger partial charge >= 0.3 is 5.63 Å². The van der Waals surface area contributed by atoms with Gasteiger partial charge in [-0.15, -0.1) is 0 Å². The molecule has 1 aliphatic rings. The summed E-state index contributed by atoms with van der Waals surface area (Å²) < 4.78 is 7.27. The molecule has 6 rings (SSSR count). The lowest BCUT2D eigenvalue weighted by Gasteiger charge is -2.27. The van der Waals surface area contributed by atoms with Crippen LogP contribution in [0, 0.1) is 0 Å². The molecule has 1 atom stereocenters. The molecule has 0 fully saturated rings. The lowest BCUT2D eigenvalue weighted by molar-refractivity contribution is 0.0936. The molecule has 0 radical (unpaired) electrons. The summed E-state index contributed by atoms with van der Waals surface area (Å²) in [5, 5.41) is 11.9. The number of aromatic nitrogens is 2. The molecule has 7 heteroatoms. The van der Waals surface area contributed by atoms with Crippen LogP contribution in [0.25, 0.3) is 27.9 Å². The zero-order valence-electron chi connectivity index (χ0n) is 17.4. The third-order valence-corrected chi connectivity index (χ3v) is 5.72. The third-order valence-electron chi connectivity index (χ3n) is 5.72. The average Bonchev–Trinajstić information content (AvgIpc) is 3.29. The summed E-state index contributed by atoms with van der Waals surface area (Å²) >= 11 is 0. The zero-order valence-corrected chi connectivity index (χ0v) is 17.4. The minimum absolute atomic E-state index is 0.196. The Balaban J connectivity index is 1.54. The third kappa shape index (κ3) is 3.27. The molecule has 1 amide bonds. The fraction of sp³-hybridized carbons (Fsp3) is 0.0385. The molecular formula is C26H18N4O3. The van der Waals surface area contributed by atoms with Crippen LogP contribution in [0.2, 0.25) is 0 Å². The number of rotatable bonds is 3. The molecule has 7 nitrogen and oxygen atoms in total. The van der Waals surface area contributed by atoms with Crippen molar-refractivity contribution in [3.63, 3.8) is 0 Å². The maximum atomic E-state index is 13.0. The Hall–Kier alpha value is -4.65. The van der Waals surface area contributed by atoms with Crippen LogP contribution in [0.4, 0.5) is 5.69 Å². The SMILES string of the molecule is O=C1NC(c2cn(-c3ccccc3)nc2-c2cc3ccccc3oc2=O)Nc2ccccc21. The van der Waals surface area contributed by atoms with Crippen LogP contribution < -0.4 is 16.3 Å². The number of benzene rings is 3. The van der Waals surface area contributed by atoms with Crippen molar-refractivity contribution in [2.24, 2.45) is 0 Å². The van der Waals surface area contributed by atoms with Gasteiger partial charge in [-0.3, -0.25) is 4.79 Å². The summed E-state index contributed by atoms with van der Waals surface area (Å²) in [4.78, 5) is 25.7. The van der Waals surface area contributed by atoms with Crippen molar-refractivity contribution in [3.8, 4) is 16.9 Å². The molecule has 160 valence electrons. The molecule has 3 aromatic carbocycles. The van der Waals surface area contributed by atoms with Gasteiger partial charge in [0, 0.05) is 22.8 Å². The van der Waals surface area contributed by atoms with Gasteiger partial charge in [-0.05, 0) is 36.4 Å². The van der Waals surface area contributed by atoms with E-state index in [4.69, 9.17) is 9.52 Å². The van der Waals surface area contributed by atoms with Crippen molar-refractivity contribution in [3.05, 3.63) is 113 Å². The summed E-state index contributed by atoms with van der Waals surface area (Å²) in [6.07, 6.45) is 1.25. The monoisotopic (exact) mass is 434 g/mol. The first kappa shape index (κ1) is 19.1. The van der Waals surface area contributed by atoms with E-state index in [-0.39, 0.29) is 5.91 Å². The number of carbonyl (C=O) groups is 1. The van der Waals surface area contributed by atoms with Gasteiger partial charge in [0.1, 0.15) is 17.4 Å². The van der Waals surface area contributed by atoms with E-state index in [0.717, 1.165) is 16.8 Å². The Bertz CT molecular complexity index is 1570. The van der Waals surface area contributed by atoms with Gasteiger partial charge < -0.3 is 15.1 Å². The van der Waals surface area contributed by atoms with Gasteiger partial charge in [0.05, 0.1) is 16.8 Å². The van der Waals surface area contributed by atoms with E-state index >= 15 is 0 Å². The number of para-hydroxylation sites is 3. The highest BCUT2D eigenvalue weighted by molar-refractivity contribution is 6.01. The highest BCUT2D eigenvalue weighted by Crippen LogP contribution is 2.32. The molecule has 0 aliphatic carbocycles. The predicted molar refractivity (Wildman–Crippen MR) is 125 cm³/mol. The summed E-state index contributed by atoms with van der Waals surface area (Å²) in [7, 11) is 0. The normalized spacial score (nSPS) is 15.0. The largest absolute Gasteiger partial charge is 0.422 e. The van der Waals surface area contributed by atoms with Crippen LogP contribution in [0.5, 0.6) is 0 Å². The number of hydrogen-bond acceptors (Lipinski definition) is 5. The second kappa shape index (κ2) is 7.49. The van der Waals surface area contributed by atoms with Crippen LogP contribution in [-0.4, -0.2) is 15.7 Å². The van der Waals surface area contributed by atoms with Crippen LogP contribution in [0.3, 0.4) is 0 Å². The van der Waals surface area contributed by atoms with Crippen molar-refractivity contribution < 1.29 is 9.21 Å². The fourth-order valence-corrected chi connectivity index (χ4v) is 4.11. The number of carbonyl (C=O) groups excluding carboxylic acids is 1. The van der Waals surface area contributed by atoms with Crippen molar-refractivity contribution in [2.75, 3.05) is 5.32 Å². The van der Waals surface area contributed by atoms with Crippen LogP contribution in [0.15, 0.2) is 100 Å². The van der Waals surface area contributed by atoms with E-state index in [2.05, 4.69) is 10.6 Å². The molecule has 1 unspecified atom stereocenters. The Labute approximate surface area is 188 Å². The lowest BCUT2D eigenvalue weighted by atomic mass is 10.0. The van der Waals surface area contributed by atoms with Gasteiger partial charge in [-0.2, -0.15) is 5.10 Å². The molecule has 0 bridgehead atoms. The van der Waals surface area contributed by atoms with E-state index < -0.39 is 11.8 Å². The number of anilines is 1. The fourth-order valence-electron chi connectivity index (χ4n) is 4.11. The summed E-state index contributed by atoms with van der Waals surface area (Å²) in [6.45, 7) is 0. The quantitative estimate of drug-likeness (QED) is 0.408. The van der Waals surface area contributed by atoms with Gasteiger partial charge in [0.25, 0.3) is 5.91 Å². The minimum Gasteiger partial charge on any atom is -0.422 e. The number of nitrogens with one attached hydrogen (secondary N) is 2. The smallest absolute Gasteiger partial charge is 0.345 e. The van der Waals surface area contributed by atoms with Crippen LogP contribution >= 0.6 is 0 Å². The average molecular weight is 434 g/mol. The number of nitrogens with zero attached hydrogens (tertiary/aromatic N) is 2. The summed E-state index contributed by atoms with van der Waals surface area (Å²) in [6, 6.07) is 26.0. The lowest BCUT2D eigenvalue weighted by Crippen LogP contribution is -2.38. The molecule has 1 aliphatic heterocycles. The Morgan fingerprint density at radius 3 is 2.45 bits per heavy atom. The maximum absolute atomic E-state index is 13.0. The molecule has 0 saturated heterocycles. The Kier molecular flexibility index (Phi) is 4.33. The topological polar surface area (TPSA) is 89.2 Å². The van der Waals surface area contributed by atoms with Crippen LogP contribution in [0.1, 0.15) is 22.1 Å². The highest BCUT2D eigenvalue weighted by Gasteiger charge is 2.29. The molecule has 0 spiro atoms. The molecular weight excluding hydrogens is 416 g/mol. The van der Waals surface area contributed by atoms with E-state index in [0.29, 0.717) is 28.0 Å². The second-order valence-corrected chi connectivity index (χ2v) is 7.79. The van der Waals surface area contributed by atoms with Gasteiger partial charge in [-0.25, -0.2) is 9.48 Å². The number of hydrogen-bond donors (Lipinski definition) is 2. The molecule has 33 heavy (non-hydrogen) atoms. The van der Waals surface area contributed by atoms with Crippen molar-refractivity contribution in [2.45, 2.75) is 6.17 Å². The summed E-state index contributed by atoms with van der Waals surface area (Å²) in [5.41, 5.74) is 3.56. The zero-order chi connectivity index (χ0) is 22.4. The van der Waals surface area contributed by atoms with Gasteiger partial charge in [0.15, 0.2) is 0 Å². The van der Waals surface area contributed by atoms with Crippen molar-refractivity contribution in [1.82, 2.24) is 15.1 Å². The number of amides is 1. The van der Waals surface area contributed by atoms with E-state index in [1.54, 1.807) is 22.9 Å². The molecule has 3 heterocycles.